The number of amides is 1. The minimum Gasteiger partial charge on any atom is -0.340 e. The monoisotopic (exact) mass is 310 g/mol. The van der Waals surface area contributed by atoms with Crippen LogP contribution in [-0.4, -0.2) is 33.7 Å². The molecular weight excluding hydrogens is 287 g/mol. The number of likely N-dealkylation sites (N-methyl/N-ethyl adjacent to an activating group) is 1. The van der Waals surface area contributed by atoms with E-state index in [0.717, 1.165) is 5.56 Å². The average Bonchev–Trinajstić information content (AvgIpc) is 2.60. The van der Waals surface area contributed by atoms with Gasteiger partial charge in [0.1, 0.15) is 0 Å². The zero-order chi connectivity index (χ0) is 13.2. The topological polar surface area (TPSA) is 64.2 Å². The lowest BCUT2D eigenvalue weighted by molar-refractivity contribution is -0.134. The summed E-state index contributed by atoms with van der Waals surface area (Å²) in [5.74, 6) is -0.0404. The van der Waals surface area contributed by atoms with Crippen LogP contribution in [0.25, 0.3) is 0 Å². The van der Waals surface area contributed by atoms with Gasteiger partial charge in [-0.1, -0.05) is 20.8 Å². The molecule has 0 fully saturated rings. The molecule has 1 aromatic heterocycles. The number of hydrogen-bond acceptors (Lipinski definition) is 3. The van der Waals surface area contributed by atoms with Crippen LogP contribution in [0.15, 0.2) is 12.4 Å². The summed E-state index contributed by atoms with van der Waals surface area (Å²) >= 11 is 0. The smallest absolute Gasteiger partial charge is 0.240 e. The maximum Gasteiger partial charge on any atom is 0.240 e. The Morgan fingerprint density at radius 3 is 2.37 bits per heavy atom. The molecule has 1 rings (SSSR count). The van der Waals surface area contributed by atoms with Gasteiger partial charge in [0, 0.05) is 32.4 Å². The lowest BCUT2D eigenvalue weighted by Crippen LogP contribution is -2.48. The summed E-state index contributed by atoms with van der Waals surface area (Å²) in [4.78, 5) is 13.7. The lowest BCUT2D eigenvalue weighted by atomic mass is 9.86. The lowest BCUT2D eigenvalue weighted by Gasteiger charge is -2.29. The van der Waals surface area contributed by atoms with Crippen molar-refractivity contribution in [3.63, 3.8) is 0 Å². The third-order valence-corrected chi connectivity index (χ3v) is 2.75. The number of aryl methyl sites for hydroxylation is 1. The molecule has 7 heteroatoms. The van der Waals surface area contributed by atoms with Crippen molar-refractivity contribution in [1.29, 1.82) is 0 Å². The van der Waals surface area contributed by atoms with Crippen molar-refractivity contribution in [3.8, 4) is 0 Å². The van der Waals surface area contributed by atoms with Crippen molar-refractivity contribution in [2.24, 2.45) is 18.2 Å². The molecule has 19 heavy (non-hydrogen) atoms. The second-order valence-electron chi connectivity index (χ2n) is 5.56. The van der Waals surface area contributed by atoms with Crippen LogP contribution >= 0.6 is 24.8 Å². The van der Waals surface area contributed by atoms with E-state index < -0.39 is 6.04 Å². The van der Waals surface area contributed by atoms with Crippen molar-refractivity contribution in [3.05, 3.63) is 18.0 Å². The number of rotatable bonds is 3. The number of carbonyl (C=O) groups excluding carboxylic acids is 1. The maximum atomic E-state index is 12.1. The number of hydrogen-bond donors (Lipinski definition) is 1. The predicted molar refractivity (Wildman–Crippen MR) is 81.6 cm³/mol. The highest BCUT2D eigenvalue weighted by Gasteiger charge is 2.29. The first-order chi connectivity index (χ1) is 7.71. The third kappa shape index (κ3) is 5.80. The second kappa shape index (κ2) is 7.72. The fourth-order valence-electron chi connectivity index (χ4n) is 1.51. The minimum absolute atomic E-state index is 0. The summed E-state index contributed by atoms with van der Waals surface area (Å²) < 4.78 is 1.72. The number of carbonyl (C=O) groups is 1. The van der Waals surface area contributed by atoms with Crippen LogP contribution in [0, 0.1) is 5.41 Å². The van der Waals surface area contributed by atoms with E-state index in [1.165, 1.54) is 0 Å². The van der Waals surface area contributed by atoms with Crippen LogP contribution in [0.5, 0.6) is 0 Å². The number of halogens is 2. The van der Waals surface area contributed by atoms with Crippen molar-refractivity contribution in [2.75, 3.05) is 7.05 Å². The van der Waals surface area contributed by atoms with E-state index >= 15 is 0 Å². The SMILES string of the molecule is CN(Cc1cnn(C)c1)C(=O)[C@@H](N)C(C)(C)C.Cl.Cl. The number of nitrogens with two attached hydrogens (primary N) is 1. The zero-order valence-electron chi connectivity index (χ0n) is 12.1. The Bertz CT molecular complexity index is 401. The molecule has 0 bridgehead atoms. The first kappa shape index (κ1) is 20.5. The predicted octanol–water partition coefficient (Wildman–Crippen LogP) is 1.60. The van der Waals surface area contributed by atoms with Gasteiger partial charge < -0.3 is 10.6 Å². The van der Waals surface area contributed by atoms with E-state index in [2.05, 4.69) is 5.10 Å². The largest absolute Gasteiger partial charge is 0.340 e. The molecule has 0 saturated heterocycles. The van der Waals surface area contributed by atoms with Gasteiger partial charge in [-0.15, -0.1) is 24.8 Å². The van der Waals surface area contributed by atoms with E-state index in [1.807, 2.05) is 34.0 Å². The Morgan fingerprint density at radius 2 is 2.00 bits per heavy atom. The molecule has 0 unspecified atom stereocenters. The highest BCUT2D eigenvalue weighted by atomic mass is 35.5. The molecule has 2 N–H and O–H groups in total. The number of nitrogens with zero attached hydrogens (tertiary/aromatic N) is 3. The fraction of sp³-hybridized carbons (Fsp3) is 0.667. The van der Waals surface area contributed by atoms with E-state index in [4.69, 9.17) is 5.73 Å². The molecule has 0 aliphatic carbocycles. The van der Waals surface area contributed by atoms with Gasteiger partial charge >= 0.3 is 0 Å². The third-order valence-electron chi connectivity index (χ3n) is 2.75. The molecule has 0 aliphatic rings. The van der Waals surface area contributed by atoms with Gasteiger partial charge in [-0.2, -0.15) is 5.10 Å². The standard InChI is InChI=1S/C12H22N4O.2ClH/c1-12(2,3)10(13)11(17)15(4)7-9-6-14-16(5)8-9;;/h6,8,10H,7,13H2,1-5H3;2*1H/t10-;;/m1../s1. The Balaban J connectivity index is 0. The maximum absolute atomic E-state index is 12.1. The quantitative estimate of drug-likeness (QED) is 0.922. The molecule has 0 radical (unpaired) electrons. The molecule has 0 aliphatic heterocycles. The molecular formula is C12H24Cl2N4O. The van der Waals surface area contributed by atoms with Gasteiger partial charge in [-0.3, -0.25) is 9.48 Å². The van der Waals surface area contributed by atoms with Gasteiger partial charge in [0.2, 0.25) is 5.91 Å². The fourth-order valence-corrected chi connectivity index (χ4v) is 1.51. The van der Waals surface area contributed by atoms with Crippen LogP contribution in [-0.2, 0) is 18.4 Å². The molecule has 1 amide bonds. The molecule has 1 heterocycles. The first-order valence-corrected chi connectivity index (χ1v) is 5.70. The van der Waals surface area contributed by atoms with Gasteiger partial charge in [0.05, 0.1) is 12.2 Å². The van der Waals surface area contributed by atoms with Crippen molar-refractivity contribution >= 4 is 30.7 Å². The van der Waals surface area contributed by atoms with Gasteiger partial charge in [-0.05, 0) is 5.41 Å². The molecule has 0 saturated carbocycles. The molecule has 1 atom stereocenters. The summed E-state index contributed by atoms with van der Waals surface area (Å²) in [6.07, 6.45) is 3.65. The molecule has 0 spiro atoms. The average molecular weight is 311 g/mol. The van der Waals surface area contributed by atoms with Gasteiger partial charge in [-0.25, -0.2) is 0 Å². The van der Waals surface area contributed by atoms with Gasteiger partial charge in [0.15, 0.2) is 0 Å². The minimum atomic E-state index is -0.482. The van der Waals surface area contributed by atoms with E-state index in [-0.39, 0.29) is 36.1 Å². The highest BCUT2D eigenvalue weighted by Crippen LogP contribution is 2.19. The summed E-state index contributed by atoms with van der Waals surface area (Å²) in [6, 6.07) is -0.482. The van der Waals surface area contributed by atoms with Crippen LogP contribution in [0.2, 0.25) is 0 Å². The van der Waals surface area contributed by atoms with E-state index in [1.54, 1.807) is 22.8 Å². The summed E-state index contributed by atoms with van der Waals surface area (Å²) in [5, 5.41) is 4.07. The summed E-state index contributed by atoms with van der Waals surface area (Å²) in [7, 11) is 3.62. The molecule has 112 valence electrons. The zero-order valence-corrected chi connectivity index (χ0v) is 13.7. The van der Waals surface area contributed by atoms with Crippen LogP contribution in [0.1, 0.15) is 26.3 Å². The second-order valence-corrected chi connectivity index (χ2v) is 5.56. The van der Waals surface area contributed by atoms with Crippen LogP contribution in [0.3, 0.4) is 0 Å². The van der Waals surface area contributed by atoms with Crippen LogP contribution in [0.4, 0.5) is 0 Å². The van der Waals surface area contributed by atoms with Crippen LogP contribution < -0.4 is 5.73 Å². The van der Waals surface area contributed by atoms with Gasteiger partial charge in [0.25, 0.3) is 0 Å². The van der Waals surface area contributed by atoms with Crippen molar-refractivity contribution < 1.29 is 4.79 Å². The Kier molecular flexibility index (Phi) is 8.35. The normalized spacial score (nSPS) is 12.1. The molecule has 5 nitrogen and oxygen atoms in total. The van der Waals surface area contributed by atoms with E-state index in [9.17, 15) is 4.79 Å². The highest BCUT2D eigenvalue weighted by molar-refractivity contribution is 5.85. The Labute approximate surface area is 127 Å². The summed E-state index contributed by atoms with van der Waals surface area (Å²) in [6.45, 7) is 6.44. The Hall–Kier alpha value is -0.780. The van der Waals surface area contributed by atoms with Crippen molar-refractivity contribution in [1.82, 2.24) is 14.7 Å². The van der Waals surface area contributed by atoms with E-state index in [0.29, 0.717) is 6.54 Å². The van der Waals surface area contributed by atoms with Crippen molar-refractivity contribution in [2.45, 2.75) is 33.4 Å². The Morgan fingerprint density at radius 1 is 1.47 bits per heavy atom. The molecule has 1 aromatic rings. The molecule has 0 aromatic carbocycles. The summed E-state index contributed by atoms with van der Waals surface area (Å²) in [5.41, 5.74) is 6.72. The first-order valence-electron chi connectivity index (χ1n) is 5.70. The number of aromatic nitrogens is 2.